The molecule has 0 atom stereocenters. The first-order valence-electron chi connectivity index (χ1n) is 9.62. The Hall–Kier alpha value is -3.12. The molecule has 134 valence electrons. The molecule has 0 unspecified atom stereocenters. The molecule has 0 bridgehead atoms. The Labute approximate surface area is 163 Å². The quantitative estimate of drug-likeness (QED) is 0.351. The van der Waals surface area contributed by atoms with Crippen LogP contribution in [0.3, 0.4) is 0 Å². The van der Waals surface area contributed by atoms with Crippen LogP contribution < -0.4 is 0 Å². The van der Waals surface area contributed by atoms with Crippen molar-refractivity contribution in [1.29, 1.82) is 0 Å². The van der Waals surface area contributed by atoms with Crippen LogP contribution in [0.1, 0.15) is 19.4 Å². The molecule has 0 heteroatoms. The molecule has 0 aromatic heterocycles. The largest absolute Gasteiger partial charge is 0.0683 e. The van der Waals surface area contributed by atoms with Crippen LogP contribution in [0.2, 0.25) is 0 Å². The van der Waals surface area contributed by atoms with Gasteiger partial charge in [0, 0.05) is 0 Å². The highest BCUT2D eigenvalue weighted by molar-refractivity contribution is 5.77. The topological polar surface area (TPSA) is 0 Å². The number of hydrogen-bond acceptors (Lipinski definition) is 0. The van der Waals surface area contributed by atoms with E-state index in [1.807, 2.05) is 13.8 Å². The molecule has 0 aliphatic heterocycles. The van der Waals surface area contributed by atoms with Crippen LogP contribution in [0.25, 0.3) is 33.4 Å². The van der Waals surface area contributed by atoms with Crippen LogP contribution in [0.5, 0.6) is 0 Å². The molecule has 0 saturated carbocycles. The van der Waals surface area contributed by atoms with Gasteiger partial charge in [-0.2, -0.15) is 0 Å². The molecule has 0 saturated heterocycles. The summed E-state index contributed by atoms with van der Waals surface area (Å²) in [7, 11) is 0. The summed E-state index contributed by atoms with van der Waals surface area (Å²) in [5.41, 5.74) is 8.80. The second-order valence-electron chi connectivity index (χ2n) is 6.40. The average molecular weight is 351 g/mol. The molecule has 0 nitrogen and oxygen atoms in total. The highest BCUT2D eigenvalue weighted by Gasteiger charge is 2.04. The fourth-order valence-corrected chi connectivity index (χ4v) is 3.21. The first-order chi connectivity index (χ1) is 13.3. The van der Waals surface area contributed by atoms with Gasteiger partial charge in [0.15, 0.2) is 0 Å². The van der Waals surface area contributed by atoms with E-state index in [0.717, 1.165) is 0 Å². The summed E-state index contributed by atoms with van der Waals surface area (Å²) in [4.78, 5) is 0. The summed E-state index contributed by atoms with van der Waals surface area (Å²) < 4.78 is 0. The van der Waals surface area contributed by atoms with Crippen molar-refractivity contribution in [3.05, 3.63) is 109 Å². The molecule has 27 heavy (non-hydrogen) atoms. The Morgan fingerprint density at radius 1 is 0.370 bits per heavy atom. The van der Waals surface area contributed by atoms with Crippen molar-refractivity contribution in [2.45, 2.75) is 20.8 Å². The van der Waals surface area contributed by atoms with Crippen LogP contribution in [0.4, 0.5) is 0 Å². The zero-order chi connectivity index (χ0) is 19.1. The highest BCUT2D eigenvalue weighted by Crippen LogP contribution is 2.29. The number of benzene rings is 4. The van der Waals surface area contributed by atoms with E-state index in [4.69, 9.17) is 0 Å². The van der Waals surface area contributed by atoms with Crippen molar-refractivity contribution in [3.63, 3.8) is 0 Å². The second kappa shape index (κ2) is 9.00. The standard InChI is InChI=1S/C25H20.C2H6/c1-19-8-5-11-21(16-19)23-13-7-15-25(18-23)24-14-6-12-22(17-24)20-9-3-2-4-10-20;1-2/h2-18H,1H3;1-2H3. The van der Waals surface area contributed by atoms with Crippen molar-refractivity contribution in [2.75, 3.05) is 0 Å². The van der Waals surface area contributed by atoms with Gasteiger partial charge in [0.25, 0.3) is 0 Å². The molecule has 0 radical (unpaired) electrons. The summed E-state index contributed by atoms with van der Waals surface area (Å²) in [5, 5.41) is 0. The van der Waals surface area contributed by atoms with E-state index in [1.165, 1.54) is 38.9 Å². The molecule has 4 aromatic carbocycles. The molecule has 0 fully saturated rings. The van der Waals surface area contributed by atoms with Crippen molar-refractivity contribution in [2.24, 2.45) is 0 Å². The summed E-state index contributed by atoms with van der Waals surface area (Å²) >= 11 is 0. The van der Waals surface area contributed by atoms with Gasteiger partial charge in [-0.1, -0.05) is 110 Å². The lowest BCUT2D eigenvalue weighted by Gasteiger charge is -2.09. The Morgan fingerprint density at radius 3 is 1.22 bits per heavy atom. The molecule has 4 aromatic rings. The first-order valence-corrected chi connectivity index (χ1v) is 9.62. The maximum Gasteiger partial charge on any atom is -0.0178 e. The predicted octanol–water partition coefficient (Wildman–Crippen LogP) is 8.02. The zero-order valence-corrected chi connectivity index (χ0v) is 16.3. The van der Waals surface area contributed by atoms with Gasteiger partial charge in [0.05, 0.1) is 0 Å². The maximum atomic E-state index is 2.28. The van der Waals surface area contributed by atoms with Gasteiger partial charge in [-0.15, -0.1) is 0 Å². The molecular weight excluding hydrogens is 324 g/mol. The third-order valence-corrected chi connectivity index (χ3v) is 4.52. The summed E-state index contributed by atoms with van der Waals surface area (Å²) in [6, 6.07) is 36.7. The summed E-state index contributed by atoms with van der Waals surface area (Å²) in [6.45, 7) is 6.14. The Morgan fingerprint density at radius 2 is 0.741 bits per heavy atom. The average Bonchev–Trinajstić information content (AvgIpc) is 2.76. The van der Waals surface area contributed by atoms with Crippen LogP contribution in [-0.4, -0.2) is 0 Å². The Balaban J connectivity index is 0.00000102. The van der Waals surface area contributed by atoms with E-state index in [1.54, 1.807) is 0 Å². The van der Waals surface area contributed by atoms with E-state index < -0.39 is 0 Å². The van der Waals surface area contributed by atoms with Crippen LogP contribution in [0, 0.1) is 6.92 Å². The number of hydrogen-bond donors (Lipinski definition) is 0. The SMILES string of the molecule is CC.Cc1cccc(-c2cccc(-c3cccc(-c4ccccc4)c3)c2)c1. The molecular formula is C27H26. The van der Waals surface area contributed by atoms with Gasteiger partial charge in [-0.05, 0) is 52.4 Å². The van der Waals surface area contributed by atoms with Gasteiger partial charge < -0.3 is 0 Å². The van der Waals surface area contributed by atoms with Crippen LogP contribution in [0.15, 0.2) is 103 Å². The summed E-state index contributed by atoms with van der Waals surface area (Å²) in [6.07, 6.45) is 0. The minimum Gasteiger partial charge on any atom is -0.0683 e. The van der Waals surface area contributed by atoms with E-state index in [2.05, 4.69) is 110 Å². The van der Waals surface area contributed by atoms with Crippen molar-refractivity contribution in [3.8, 4) is 33.4 Å². The molecule has 0 spiro atoms. The predicted molar refractivity (Wildman–Crippen MR) is 119 cm³/mol. The number of rotatable bonds is 3. The molecule has 0 heterocycles. The van der Waals surface area contributed by atoms with Crippen molar-refractivity contribution >= 4 is 0 Å². The van der Waals surface area contributed by atoms with Gasteiger partial charge in [0.2, 0.25) is 0 Å². The molecule has 0 amide bonds. The smallest absolute Gasteiger partial charge is 0.0178 e. The van der Waals surface area contributed by atoms with E-state index in [9.17, 15) is 0 Å². The lowest BCUT2D eigenvalue weighted by Crippen LogP contribution is -1.84. The molecule has 0 aliphatic rings. The van der Waals surface area contributed by atoms with E-state index in [-0.39, 0.29) is 0 Å². The highest BCUT2D eigenvalue weighted by atomic mass is 14.1. The van der Waals surface area contributed by atoms with Crippen molar-refractivity contribution in [1.82, 2.24) is 0 Å². The fourth-order valence-electron chi connectivity index (χ4n) is 3.21. The minimum atomic E-state index is 1.25. The molecule has 0 N–H and O–H groups in total. The second-order valence-corrected chi connectivity index (χ2v) is 6.40. The monoisotopic (exact) mass is 350 g/mol. The molecule has 0 aliphatic carbocycles. The van der Waals surface area contributed by atoms with Crippen LogP contribution in [-0.2, 0) is 0 Å². The van der Waals surface area contributed by atoms with Gasteiger partial charge >= 0.3 is 0 Å². The van der Waals surface area contributed by atoms with E-state index >= 15 is 0 Å². The van der Waals surface area contributed by atoms with Gasteiger partial charge in [-0.3, -0.25) is 0 Å². The van der Waals surface area contributed by atoms with E-state index in [0.29, 0.717) is 0 Å². The first kappa shape index (κ1) is 18.7. The maximum absolute atomic E-state index is 2.28. The lowest BCUT2D eigenvalue weighted by atomic mass is 9.96. The van der Waals surface area contributed by atoms with Crippen molar-refractivity contribution < 1.29 is 0 Å². The third-order valence-electron chi connectivity index (χ3n) is 4.52. The normalized spacial score (nSPS) is 10.0. The third kappa shape index (κ3) is 4.54. The zero-order valence-electron chi connectivity index (χ0n) is 16.3. The Kier molecular flexibility index (Phi) is 6.22. The summed E-state index contributed by atoms with van der Waals surface area (Å²) in [5.74, 6) is 0. The number of aryl methyl sites for hydroxylation is 1. The van der Waals surface area contributed by atoms with Gasteiger partial charge in [-0.25, -0.2) is 0 Å². The lowest BCUT2D eigenvalue weighted by molar-refractivity contribution is 1.47. The van der Waals surface area contributed by atoms with Gasteiger partial charge in [0.1, 0.15) is 0 Å². The van der Waals surface area contributed by atoms with Crippen LogP contribution >= 0.6 is 0 Å². The fraction of sp³-hybridized carbons (Fsp3) is 0.111. The minimum absolute atomic E-state index is 1.25. The Bertz CT molecular complexity index is 997. The molecule has 4 rings (SSSR count).